The quantitative estimate of drug-likeness (QED) is 0.559. The summed E-state index contributed by atoms with van der Waals surface area (Å²) in [4.78, 5) is 11.7. The lowest BCUT2D eigenvalue weighted by Gasteiger charge is -2.12. The predicted octanol–water partition coefficient (Wildman–Crippen LogP) is 4.90. The average Bonchev–Trinajstić information content (AvgIpc) is 2.56. The zero-order chi connectivity index (χ0) is 18.3. The second-order valence-corrected chi connectivity index (χ2v) is 6.19. The summed E-state index contributed by atoms with van der Waals surface area (Å²) in [7, 11) is 0. The van der Waals surface area contributed by atoms with Gasteiger partial charge in [-0.3, -0.25) is 0 Å². The molecule has 2 aromatic carbocycles. The highest BCUT2D eigenvalue weighted by atomic mass is 32.2. The van der Waals surface area contributed by atoms with Gasteiger partial charge in [0.15, 0.2) is 5.82 Å². The van der Waals surface area contributed by atoms with Crippen molar-refractivity contribution in [1.29, 1.82) is 0 Å². The van der Waals surface area contributed by atoms with Crippen molar-refractivity contribution in [3.8, 4) is 0 Å². The van der Waals surface area contributed by atoms with Crippen LogP contribution in [0.5, 0.6) is 0 Å². The third-order valence-electron chi connectivity index (χ3n) is 3.20. The summed E-state index contributed by atoms with van der Waals surface area (Å²) in [6.45, 7) is 0.309. The van der Waals surface area contributed by atoms with E-state index in [1.54, 1.807) is 11.8 Å². The molecule has 0 aliphatic rings. The van der Waals surface area contributed by atoms with Gasteiger partial charge in [-0.15, -0.1) is 0 Å². The maximum absolute atomic E-state index is 13.8. The fourth-order valence-corrected chi connectivity index (χ4v) is 2.83. The molecule has 134 valence electrons. The number of hydrogen-bond donors (Lipinski definition) is 2. The summed E-state index contributed by atoms with van der Waals surface area (Å²) in [5.41, 5.74) is -0.768. The first kappa shape index (κ1) is 19.1. The minimum atomic E-state index is -4.81. The molecule has 0 aliphatic heterocycles. The van der Waals surface area contributed by atoms with Crippen LogP contribution in [-0.2, 0) is 11.9 Å². The van der Waals surface area contributed by atoms with E-state index in [1.807, 2.05) is 30.3 Å². The van der Waals surface area contributed by atoms with Gasteiger partial charge in [0.25, 0.3) is 0 Å². The number of carbonyl (C=O) groups excluding carboxylic acids is 1. The van der Waals surface area contributed by atoms with Crippen LogP contribution in [-0.4, -0.2) is 18.3 Å². The second-order valence-electron chi connectivity index (χ2n) is 5.08. The van der Waals surface area contributed by atoms with E-state index in [4.69, 9.17) is 0 Å². The Labute approximate surface area is 146 Å². The normalized spacial score (nSPS) is 11.2. The fraction of sp³-hybridized carbons (Fsp3) is 0.235. The fourth-order valence-electron chi connectivity index (χ4n) is 2.01. The molecular formula is C17H16F4N2OS. The summed E-state index contributed by atoms with van der Waals surface area (Å²) < 4.78 is 51.7. The highest BCUT2D eigenvalue weighted by molar-refractivity contribution is 7.98. The largest absolute Gasteiger partial charge is 0.419 e. The van der Waals surface area contributed by atoms with Crippen molar-refractivity contribution < 1.29 is 22.4 Å². The van der Waals surface area contributed by atoms with Crippen LogP contribution >= 0.6 is 11.8 Å². The van der Waals surface area contributed by atoms with Crippen LogP contribution in [0.4, 0.5) is 28.0 Å². The Hall–Kier alpha value is -2.22. The highest BCUT2D eigenvalue weighted by Gasteiger charge is 2.35. The van der Waals surface area contributed by atoms with Gasteiger partial charge in [-0.1, -0.05) is 36.4 Å². The van der Waals surface area contributed by atoms with Gasteiger partial charge in [0.2, 0.25) is 0 Å². The molecule has 0 radical (unpaired) electrons. The van der Waals surface area contributed by atoms with E-state index in [9.17, 15) is 22.4 Å². The van der Waals surface area contributed by atoms with E-state index < -0.39 is 29.3 Å². The number of rotatable bonds is 6. The van der Waals surface area contributed by atoms with E-state index in [0.717, 1.165) is 23.4 Å². The van der Waals surface area contributed by atoms with Crippen molar-refractivity contribution in [2.24, 2.45) is 0 Å². The lowest BCUT2D eigenvalue weighted by molar-refractivity contribution is -0.139. The molecule has 25 heavy (non-hydrogen) atoms. The molecule has 0 heterocycles. The maximum atomic E-state index is 13.8. The van der Waals surface area contributed by atoms with Gasteiger partial charge < -0.3 is 10.6 Å². The van der Waals surface area contributed by atoms with Gasteiger partial charge in [0.05, 0.1) is 11.3 Å². The molecular weight excluding hydrogens is 356 g/mol. The Morgan fingerprint density at radius 2 is 1.76 bits per heavy atom. The topological polar surface area (TPSA) is 41.1 Å². The van der Waals surface area contributed by atoms with E-state index in [1.165, 1.54) is 0 Å². The molecule has 0 bridgehead atoms. The van der Waals surface area contributed by atoms with Crippen molar-refractivity contribution in [2.75, 3.05) is 17.6 Å². The smallest absolute Gasteiger partial charge is 0.337 e. The zero-order valence-electron chi connectivity index (χ0n) is 13.1. The molecule has 2 N–H and O–H groups in total. The van der Waals surface area contributed by atoms with Crippen molar-refractivity contribution in [2.45, 2.75) is 11.9 Å². The molecule has 0 spiro atoms. The van der Waals surface area contributed by atoms with Gasteiger partial charge in [0.1, 0.15) is 0 Å². The van der Waals surface area contributed by atoms with Crippen LogP contribution in [0.1, 0.15) is 11.1 Å². The Morgan fingerprint density at radius 1 is 1.04 bits per heavy atom. The SMILES string of the molecule is O=C(NCCSCc1ccccc1)Nc1cccc(C(F)(F)F)c1F. The summed E-state index contributed by atoms with van der Waals surface area (Å²) in [6, 6.07) is 11.8. The first-order chi connectivity index (χ1) is 11.9. The van der Waals surface area contributed by atoms with E-state index in [2.05, 4.69) is 10.6 Å². The Kier molecular flexibility index (Phi) is 6.69. The molecule has 2 aromatic rings. The number of alkyl halides is 3. The Morgan fingerprint density at radius 3 is 2.44 bits per heavy atom. The number of benzene rings is 2. The molecule has 2 rings (SSSR count). The van der Waals surface area contributed by atoms with Gasteiger partial charge in [-0.05, 0) is 17.7 Å². The molecule has 0 atom stereocenters. The van der Waals surface area contributed by atoms with Gasteiger partial charge >= 0.3 is 12.2 Å². The molecule has 2 amide bonds. The number of halogens is 4. The Balaban J connectivity index is 1.77. The summed E-state index contributed by atoms with van der Waals surface area (Å²) >= 11 is 1.60. The molecule has 0 unspecified atom stereocenters. The molecule has 0 aromatic heterocycles. The van der Waals surface area contributed by atoms with Crippen LogP contribution in [0.2, 0.25) is 0 Å². The molecule has 3 nitrogen and oxygen atoms in total. The van der Waals surface area contributed by atoms with Crippen LogP contribution in [0, 0.1) is 5.82 Å². The van der Waals surface area contributed by atoms with Crippen LogP contribution in [0.15, 0.2) is 48.5 Å². The van der Waals surface area contributed by atoms with Crippen LogP contribution in [0.3, 0.4) is 0 Å². The van der Waals surface area contributed by atoms with Crippen LogP contribution < -0.4 is 10.6 Å². The number of nitrogens with one attached hydrogen (secondary N) is 2. The third kappa shape index (κ3) is 5.97. The minimum Gasteiger partial charge on any atom is -0.337 e. The van der Waals surface area contributed by atoms with E-state index >= 15 is 0 Å². The number of thioether (sulfide) groups is 1. The lowest BCUT2D eigenvalue weighted by atomic mass is 10.2. The molecule has 0 aliphatic carbocycles. The third-order valence-corrected chi connectivity index (χ3v) is 4.23. The van der Waals surface area contributed by atoms with Crippen molar-refractivity contribution in [3.63, 3.8) is 0 Å². The van der Waals surface area contributed by atoms with Crippen LogP contribution in [0.25, 0.3) is 0 Å². The zero-order valence-corrected chi connectivity index (χ0v) is 13.9. The molecule has 0 saturated carbocycles. The summed E-state index contributed by atoms with van der Waals surface area (Å²) in [6.07, 6.45) is -4.81. The van der Waals surface area contributed by atoms with Gasteiger partial charge in [0, 0.05) is 18.1 Å². The van der Waals surface area contributed by atoms with Gasteiger partial charge in [-0.2, -0.15) is 24.9 Å². The van der Waals surface area contributed by atoms with Crippen molar-refractivity contribution in [1.82, 2.24) is 5.32 Å². The molecule has 0 saturated heterocycles. The van der Waals surface area contributed by atoms with Gasteiger partial charge in [-0.25, -0.2) is 9.18 Å². The predicted molar refractivity (Wildman–Crippen MR) is 91.0 cm³/mol. The number of amides is 2. The maximum Gasteiger partial charge on any atom is 0.419 e. The minimum absolute atomic E-state index is 0.309. The number of hydrogen-bond acceptors (Lipinski definition) is 2. The van der Waals surface area contributed by atoms with Crippen molar-refractivity contribution in [3.05, 3.63) is 65.5 Å². The monoisotopic (exact) mass is 372 g/mol. The average molecular weight is 372 g/mol. The van der Waals surface area contributed by atoms with E-state index in [0.29, 0.717) is 18.4 Å². The number of carbonyl (C=O) groups is 1. The Bertz CT molecular complexity index is 708. The number of anilines is 1. The summed E-state index contributed by atoms with van der Waals surface area (Å²) in [5, 5.41) is 4.58. The van der Waals surface area contributed by atoms with Crippen molar-refractivity contribution >= 4 is 23.5 Å². The lowest BCUT2D eigenvalue weighted by Crippen LogP contribution is -2.31. The number of urea groups is 1. The first-order valence-corrected chi connectivity index (χ1v) is 8.55. The standard InChI is InChI=1S/C17H16F4N2OS/c18-15-13(17(19,20)21)7-4-8-14(15)23-16(24)22-9-10-25-11-12-5-2-1-3-6-12/h1-8H,9-11H2,(H2,22,23,24). The molecule has 0 fully saturated rings. The van der Waals surface area contributed by atoms with E-state index in [-0.39, 0.29) is 0 Å². The summed E-state index contributed by atoms with van der Waals surface area (Å²) in [5.74, 6) is -0.0941. The molecule has 8 heteroatoms. The second kappa shape index (κ2) is 8.75. The highest BCUT2D eigenvalue weighted by Crippen LogP contribution is 2.33. The first-order valence-electron chi connectivity index (χ1n) is 7.40.